The smallest absolute Gasteiger partial charge is 0.335 e. The maximum Gasteiger partial charge on any atom is 0.335 e. The molecule has 1 aromatic rings. The molecule has 0 saturated heterocycles. The highest BCUT2D eigenvalue weighted by molar-refractivity contribution is 8.57. The van der Waals surface area contributed by atoms with Crippen LogP contribution in [-0.2, 0) is 9.36 Å². The Balaban J connectivity index is 2.91. The van der Waals surface area contributed by atoms with Crippen molar-refractivity contribution in [3.63, 3.8) is 0 Å². The normalized spacial score (nSPS) is 14.8. The second-order valence-corrected chi connectivity index (χ2v) is 10.6. The minimum absolute atomic E-state index is 0.155. The Labute approximate surface area is 153 Å². The average molecular weight is 384 g/mol. The van der Waals surface area contributed by atoms with Crippen LogP contribution in [0.2, 0.25) is 0 Å². The monoisotopic (exact) mass is 384 g/mol. The lowest BCUT2D eigenvalue weighted by Gasteiger charge is -2.28. The van der Waals surface area contributed by atoms with E-state index in [4.69, 9.17) is 4.74 Å². The highest BCUT2D eigenvalue weighted by Crippen LogP contribution is 2.59. The SMILES string of the molecule is CC=CC(=O)Oc1ccc(C(=O)N(C)P(=O)(NC)SC(C)CC)cc1. The minimum atomic E-state index is -3.07. The fourth-order valence-corrected chi connectivity index (χ4v) is 6.26. The number of hydrogen-bond donors (Lipinski definition) is 1. The number of hydrogen-bond acceptors (Lipinski definition) is 5. The summed E-state index contributed by atoms with van der Waals surface area (Å²) in [4.78, 5) is 24.0. The molecule has 1 amide bonds. The predicted molar refractivity (Wildman–Crippen MR) is 103 cm³/mol. The van der Waals surface area contributed by atoms with E-state index in [1.54, 1.807) is 32.2 Å². The van der Waals surface area contributed by atoms with E-state index in [0.29, 0.717) is 11.3 Å². The van der Waals surface area contributed by atoms with Crippen LogP contribution >= 0.6 is 18.0 Å². The van der Waals surface area contributed by atoms with Gasteiger partial charge in [-0.2, -0.15) is 0 Å². The first-order valence-corrected chi connectivity index (χ1v) is 11.1. The second kappa shape index (κ2) is 9.80. The van der Waals surface area contributed by atoms with E-state index >= 15 is 0 Å². The maximum atomic E-state index is 13.0. The molecule has 138 valence electrons. The number of rotatable bonds is 8. The molecule has 0 aliphatic rings. The number of carbonyl (C=O) groups excluding carboxylic acids is 2. The van der Waals surface area contributed by atoms with E-state index < -0.39 is 12.6 Å². The van der Waals surface area contributed by atoms with Crippen LogP contribution < -0.4 is 9.82 Å². The van der Waals surface area contributed by atoms with Gasteiger partial charge in [0.25, 0.3) is 12.6 Å². The Morgan fingerprint density at radius 2 is 1.96 bits per heavy atom. The van der Waals surface area contributed by atoms with Crippen molar-refractivity contribution in [2.24, 2.45) is 0 Å². The lowest BCUT2D eigenvalue weighted by atomic mass is 10.2. The lowest BCUT2D eigenvalue weighted by molar-refractivity contribution is -0.129. The van der Waals surface area contributed by atoms with Crippen LogP contribution in [0.5, 0.6) is 5.75 Å². The number of esters is 1. The molecular weight excluding hydrogens is 359 g/mol. The number of nitrogens with zero attached hydrogens (tertiary/aromatic N) is 1. The van der Waals surface area contributed by atoms with Gasteiger partial charge in [0, 0.05) is 23.9 Å². The van der Waals surface area contributed by atoms with Crippen LogP contribution in [0.3, 0.4) is 0 Å². The zero-order chi connectivity index (χ0) is 19.0. The zero-order valence-electron chi connectivity index (χ0n) is 15.2. The van der Waals surface area contributed by atoms with Gasteiger partial charge in [-0.1, -0.05) is 31.3 Å². The van der Waals surface area contributed by atoms with Crippen LogP contribution in [0.1, 0.15) is 37.6 Å². The molecule has 1 N–H and O–H groups in total. The fraction of sp³-hybridized carbons (Fsp3) is 0.412. The molecule has 1 rings (SSSR count). The van der Waals surface area contributed by atoms with Crippen molar-refractivity contribution in [3.8, 4) is 5.75 Å². The third-order valence-corrected chi connectivity index (χ3v) is 9.23. The van der Waals surface area contributed by atoms with Gasteiger partial charge >= 0.3 is 5.97 Å². The van der Waals surface area contributed by atoms with Gasteiger partial charge in [-0.15, -0.1) is 0 Å². The summed E-state index contributed by atoms with van der Waals surface area (Å²) in [5.74, 6) is -0.503. The predicted octanol–water partition coefficient (Wildman–Crippen LogP) is 4.10. The standard InChI is InChI=1S/C17H25N2O4PS/c1-6-8-16(20)23-15-11-9-14(10-12-15)17(21)19(5)24(22,18-4)25-13(3)7-2/h6,8-13H,7H2,1-5H3,(H,18,22). The molecule has 0 radical (unpaired) electrons. The van der Waals surface area contributed by atoms with Crippen molar-refractivity contribution in [1.82, 2.24) is 9.76 Å². The van der Waals surface area contributed by atoms with E-state index in [-0.39, 0.29) is 11.2 Å². The summed E-state index contributed by atoms with van der Waals surface area (Å²) >= 11 is 1.27. The van der Waals surface area contributed by atoms with Gasteiger partial charge in [-0.25, -0.2) is 9.88 Å². The number of allylic oxidation sites excluding steroid dienone is 1. The van der Waals surface area contributed by atoms with E-state index in [1.807, 2.05) is 13.8 Å². The first-order valence-electron chi connectivity index (χ1n) is 7.98. The summed E-state index contributed by atoms with van der Waals surface area (Å²) in [7, 11) is 3.11. The molecule has 1 aromatic carbocycles. The van der Waals surface area contributed by atoms with Gasteiger partial charge in [0.2, 0.25) is 0 Å². The summed E-state index contributed by atoms with van der Waals surface area (Å²) in [6, 6.07) is 6.17. The molecule has 25 heavy (non-hydrogen) atoms. The molecular formula is C17H25N2O4PS. The molecule has 0 saturated carbocycles. The summed E-state index contributed by atoms with van der Waals surface area (Å²) in [6.07, 6.45) is 3.74. The van der Waals surface area contributed by atoms with Gasteiger partial charge < -0.3 is 4.74 Å². The molecule has 2 unspecified atom stereocenters. The summed E-state index contributed by atoms with van der Waals surface area (Å²) < 4.78 is 19.4. The first kappa shape index (κ1) is 21.5. The molecule has 2 atom stereocenters. The van der Waals surface area contributed by atoms with Gasteiger partial charge in [-0.05, 0) is 44.7 Å². The molecule has 6 nitrogen and oxygen atoms in total. The average Bonchev–Trinajstić information content (AvgIpc) is 2.61. The van der Waals surface area contributed by atoms with Crippen molar-refractivity contribution >= 4 is 29.9 Å². The summed E-state index contributed by atoms with van der Waals surface area (Å²) in [6.45, 7) is 2.63. The molecule has 0 fully saturated rings. The van der Waals surface area contributed by atoms with Crippen molar-refractivity contribution in [1.29, 1.82) is 0 Å². The van der Waals surface area contributed by atoms with Crippen molar-refractivity contribution in [3.05, 3.63) is 42.0 Å². The van der Waals surface area contributed by atoms with Crippen LogP contribution in [-0.4, -0.2) is 35.9 Å². The summed E-state index contributed by atoms with van der Waals surface area (Å²) in [5, 5.41) is 2.95. The quantitative estimate of drug-likeness (QED) is 0.315. The fourth-order valence-electron chi connectivity index (χ4n) is 1.85. The molecule has 0 aliphatic heterocycles. The summed E-state index contributed by atoms with van der Waals surface area (Å²) in [5.41, 5.74) is 0.369. The molecule has 0 spiro atoms. The topological polar surface area (TPSA) is 75.7 Å². The van der Waals surface area contributed by atoms with Gasteiger partial charge in [-0.3, -0.25) is 14.0 Å². The molecule has 0 bridgehead atoms. The van der Waals surface area contributed by atoms with E-state index in [0.717, 1.165) is 6.42 Å². The van der Waals surface area contributed by atoms with Crippen molar-refractivity contribution in [2.75, 3.05) is 14.1 Å². The zero-order valence-corrected chi connectivity index (χ0v) is 16.9. The lowest BCUT2D eigenvalue weighted by Crippen LogP contribution is -2.28. The Bertz CT molecular complexity index is 676. The molecule has 0 aromatic heterocycles. The number of carbonyl (C=O) groups is 2. The third kappa shape index (κ3) is 6.03. The van der Waals surface area contributed by atoms with Crippen molar-refractivity contribution < 1.29 is 18.9 Å². The van der Waals surface area contributed by atoms with Crippen LogP contribution in [0.25, 0.3) is 0 Å². The number of ether oxygens (including phenoxy) is 1. The largest absolute Gasteiger partial charge is 0.423 e. The van der Waals surface area contributed by atoms with Crippen molar-refractivity contribution in [2.45, 2.75) is 32.4 Å². The molecule has 0 aliphatic carbocycles. The van der Waals surface area contributed by atoms with Gasteiger partial charge in [0.05, 0.1) is 0 Å². The Morgan fingerprint density at radius 1 is 1.36 bits per heavy atom. The van der Waals surface area contributed by atoms with Crippen LogP contribution in [0.15, 0.2) is 36.4 Å². The highest BCUT2D eigenvalue weighted by atomic mass is 32.7. The van der Waals surface area contributed by atoms with Crippen LogP contribution in [0.4, 0.5) is 0 Å². The Morgan fingerprint density at radius 3 is 2.44 bits per heavy atom. The second-order valence-electron chi connectivity index (χ2n) is 5.34. The van der Waals surface area contributed by atoms with Gasteiger partial charge in [0.1, 0.15) is 5.75 Å². The van der Waals surface area contributed by atoms with Gasteiger partial charge in [0.15, 0.2) is 0 Å². The number of benzene rings is 1. The Kier molecular flexibility index (Phi) is 8.42. The minimum Gasteiger partial charge on any atom is -0.423 e. The first-order chi connectivity index (χ1) is 11.8. The molecule has 8 heteroatoms. The third-order valence-electron chi connectivity index (χ3n) is 3.49. The van der Waals surface area contributed by atoms with E-state index in [2.05, 4.69) is 5.09 Å². The number of nitrogens with one attached hydrogen (secondary N) is 1. The van der Waals surface area contributed by atoms with Crippen LogP contribution in [0, 0.1) is 0 Å². The van der Waals surface area contributed by atoms with E-state index in [9.17, 15) is 14.2 Å². The Hall–Kier alpha value is -1.56. The molecule has 0 heterocycles. The van der Waals surface area contributed by atoms with E-state index in [1.165, 1.54) is 41.3 Å². The number of amides is 1. The highest BCUT2D eigenvalue weighted by Gasteiger charge is 2.32. The maximum absolute atomic E-state index is 13.0.